The van der Waals surface area contributed by atoms with E-state index in [0.29, 0.717) is 23.7 Å². The van der Waals surface area contributed by atoms with Crippen molar-refractivity contribution in [3.63, 3.8) is 0 Å². The number of nitrogens with zero attached hydrogens (tertiary/aromatic N) is 4. The molecule has 4 heterocycles. The lowest BCUT2D eigenvalue weighted by Gasteiger charge is -2.38. The van der Waals surface area contributed by atoms with Crippen molar-refractivity contribution in [3.8, 4) is 10.6 Å². The van der Waals surface area contributed by atoms with Crippen LogP contribution in [0.25, 0.3) is 21.7 Å². The minimum absolute atomic E-state index is 0.0116. The highest BCUT2D eigenvalue weighted by atomic mass is 32.1. The molecule has 0 radical (unpaired) electrons. The zero-order valence-corrected chi connectivity index (χ0v) is 16.4. The number of benzene rings is 1. The molecule has 158 valence electrons. The average Bonchev–Trinajstić information content (AvgIpc) is 3.44. The first-order valence-corrected chi connectivity index (χ1v) is 10.4. The van der Waals surface area contributed by atoms with Crippen LogP contribution in [0.2, 0.25) is 0 Å². The van der Waals surface area contributed by atoms with Gasteiger partial charge >= 0.3 is 6.09 Å². The molecule has 2 fully saturated rings. The number of carbonyl (C=O) groups is 1. The molecule has 0 spiro atoms. The van der Waals surface area contributed by atoms with E-state index < -0.39 is 18.6 Å². The van der Waals surface area contributed by atoms with Crippen molar-refractivity contribution >= 4 is 34.5 Å². The van der Waals surface area contributed by atoms with Gasteiger partial charge in [-0.05, 0) is 18.9 Å². The van der Waals surface area contributed by atoms with Gasteiger partial charge in [-0.25, -0.2) is 18.6 Å². The molecule has 2 N–H and O–H groups in total. The molecule has 2 aliphatic heterocycles. The van der Waals surface area contributed by atoms with Gasteiger partial charge in [0, 0.05) is 30.2 Å². The van der Waals surface area contributed by atoms with E-state index in [-0.39, 0.29) is 34.8 Å². The molecule has 2 aliphatic rings. The highest BCUT2D eigenvalue weighted by molar-refractivity contribution is 7.13. The third-order valence-electron chi connectivity index (χ3n) is 5.76. The molecule has 1 amide bonds. The Morgan fingerprint density at radius 3 is 2.60 bits per heavy atom. The summed E-state index contributed by atoms with van der Waals surface area (Å²) in [5.74, 6) is 0. The largest absolute Gasteiger partial charge is 0.465 e. The van der Waals surface area contributed by atoms with Crippen LogP contribution in [0, 0.1) is 0 Å². The van der Waals surface area contributed by atoms with Gasteiger partial charge in [0.25, 0.3) is 12.4 Å². The van der Waals surface area contributed by atoms with Crippen molar-refractivity contribution in [3.05, 3.63) is 29.3 Å². The highest BCUT2D eigenvalue weighted by Gasteiger charge is 2.44. The van der Waals surface area contributed by atoms with Gasteiger partial charge in [0.05, 0.1) is 17.6 Å². The number of fused-ring (bicyclic) bond motifs is 3. The van der Waals surface area contributed by atoms with Crippen molar-refractivity contribution in [2.45, 2.75) is 37.5 Å². The molecular weight excluding hydrogens is 418 g/mol. The number of thiazole rings is 1. The lowest BCUT2D eigenvalue weighted by Crippen LogP contribution is -2.55. The van der Waals surface area contributed by atoms with Gasteiger partial charge in [0.15, 0.2) is 5.58 Å². The highest BCUT2D eigenvalue weighted by Crippen LogP contribution is 2.39. The van der Waals surface area contributed by atoms with Crippen LogP contribution in [0.15, 0.2) is 28.1 Å². The summed E-state index contributed by atoms with van der Waals surface area (Å²) in [7, 11) is 0. The maximum absolute atomic E-state index is 13.2. The predicted octanol–water partition coefficient (Wildman–Crippen LogP) is 3.58. The van der Waals surface area contributed by atoms with Crippen LogP contribution in [0.3, 0.4) is 0 Å². The number of carboxylic acid groups (broad SMARTS) is 1. The van der Waals surface area contributed by atoms with E-state index >= 15 is 0 Å². The first-order valence-electron chi connectivity index (χ1n) is 9.49. The van der Waals surface area contributed by atoms with Crippen molar-refractivity contribution in [2.75, 3.05) is 18.0 Å². The zero-order chi connectivity index (χ0) is 21.0. The molecule has 1 aromatic carbocycles. The second-order valence-corrected chi connectivity index (χ2v) is 8.37. The van der Waals surface area contributed by atoms with Crippen molar-refractivity contribution in [2.24, 2.45) is 0 Å². The Morgan fingerprint density at radius 2 is 2.00 bits per heavy atom. The number of rotatable bonds is 4. The van der Waals surface area contributed by atoms with Crippen LogP contribution in [0.4, 0.5) is 19.6 Å². The summed E-state index contributed by atoms with van der Waals surface area (Å²) in [5.41, 5.74) is 1.04. The van der Waals surface area contributed by atoms with E-state index in [1.807, 2.05) is 4.90 Å². The Morgan fingerprint density at radius 1 is 1.27 bits per heavy atom. The van der Waals surface area contributed by atoms with Crippen LogP contribution in [-0.4, -0.2) is 62.8 Å². The first kappa shape index (κ1) is 19.2. The summed E-state index contributed by atoms with van der Waals surface area (Å²) in [6.45, 7) is 0.823. The van der Waals surface area contributed by atoms with Gasteiger partial charge in [0.1, 0.15) is 16.6 Å². The topological polar surface area (TPSA) is 103 Å². The van der Waals surface area contributed by atoms with Gasteiger partial charge in [0.2, 0.25) is 0 Å². The standard InChI is InChI=1S/C19H18F2N4O4S/c20-16(21)14(26)11-3-4-12(17-22-5-6-30-17)15-13(11)23-18(29-15)24-7-9-1-2-10(8-24)25(9)19(27)28/h3-6,9-10,14,16,26H,1-2,7-8H2,(H,27,28). The number of oxazole rings is 1. The van der Waals surface area contributed by atoms with E-state index in [2.05, 4.69) is 9.97 Å². The molecule has 0 aliphatic carbocycles. The maximum atomic E-state index is 13.2. The number of aromatic nitrogens is 2. The Balaban J connectivity index is 1.58. The van der Waals surface area contributed by atoms with Gasteiger partial charge in [-0.1, -0.05) is 6.07 Å². The van der Waals surface area contributed by atoms with Crippen LogP contribution < -0.4 is 4.90 Å². The quantitative estimate of drug-likeness (QED) is 0.644. The minimum atomic E-state index is -2.96. The number of piperazine rings is 1. The number of amides is 1. The first-order chi connectivity index (χ1) is 14.4. The van der Waals surface area contributed by atoms with E-state index in [0.717, 1.165) is 12.8 Å². The number of aliphatic hydroxyl groups is 1. The minimum Gasteiger partial charge on any atom is -0.465 e. The van der Waals surface area contributed by atoms with E-state index in [4.69, 9.17) is 4.42 Å². The normalized spacial score (nSPS) is 22.3. The number of anilines is 1. The summed E-state index contributed by atoms with van der Waals surface area (Å²) in [5, 5.41) is 21.9. The molecule has 2 bridgehead atoms. The Hall–Kier alpha value is -2.79. The van der Waals surface area contributed by atoms with Crippen LogP contribution >= 0.6 is 11.3 Å². The van der Waals surface area contributed by atoms with Gasteiger partial charge < -0.3 is 19.5 Å². The van der Waals surface area contributed by atoms with Gasteiger partial charge in [-0.3, -0.25) is 4.90 Å². The fourth-order valence-corrected chi connectivity index (χ4v) is 5.08. The van der Waals surface area contributed by atoms with Crippen LogP contribution in [-0.2, 0) is 0 Å². The lowest BCUT2D eigenvalue weighted by atomic mass is 10.0. The number of aliphatic hydroxyl groups excluding tert-OH is 1. The Kier molecular flexibility index (Phi) is 4.58. The third-order valence-corrected chi connectivity index (χ3v) is 6.56. The smallest absolute Gasteiger partial charge is 0.407 e. The molecule has 8 nitrogen and oxygen atoms in total. The zero-order valence-electron chi connectivity index (χ0n) is 15.6. The Bertz CT molecular complexity index is 1080. The number of hydrogen-bond acceptors (Lipinski definition) is 7. The predicted molar refractivity (Wildman–Crippen MR) is 105 cm³/mol. The summed E-state index contributed by atoms with van der Waals surface area (Å²) in [6, 6.07) is 2.93. The molecule has 3 unspecified atom stereocenters. The maximum Gasteiger partial charge on any atom is 0.407 e. The number of halogens is 2. The van der Waals surface area contributed by atoms with Crippen LogP contribution in [0.1, 0.15) is 24.5 Å². The molecule has 0 saturated carbocycles. The second kappa shape index (κ2) is 7.17. The molecule has 2 saturated heterocycles. The average molecular weight is 436 g/mol. The van der Waals surface area contributed by atoms with Gasteiger partial charge in [-0.2, -0.15) is 4.98 Å². The summed E-state index contributed by atoms with van der Waals surface area (Å²) in [4.78, 5) is 23.6. The molecule has 2 aromatic heterocycles. The number of alkyl halides is 2. The second-order valence-electron chi connectivity index (χ2n) is 7.47. The Labute approximate surface area is 173 Å². The summed E-state index contributed by atoms with van der Waals surface area (Å²) < 4.78 is 32.4. The molecule has 3 atom stereocenters. The van der Waals surface area contributed by atoms with Crippen molar-refractivity contribution in [1.29, 1.82) is 0 Å². The van der Waals surface area contributed by atoms with Crippen molar-refractivity contribution in [1.82, 2.24) is 14.9 Å². The molecular formula is C19H18F2N4O4S. The monoisotopic (exact) mass is 436 g/mol. The SMILES string of the molecule is O=C(O)N1C2CCC1CN(c1nc3c(C(O)C(F)F)ccc(-c4nccs4)c3o1)C2. The molecule has 11 heteroatoms. The van der Waals surface area contributed by atoms with Crippen LogP contribution in [0.5, 0.6) is 0 Å². The molecule has 30 heavy (non-hydrogen) atoms. The third kappa shape index (κ3) is 3.00. The number of hydrogen-bond donors (Lipinski definition) is 2. The summed E-state index contributed by atoms with van der Waals surface area (Å²) in [6.07, 6.45) is -2.74. The van der Waals surface area contributed by atoms with E-state index in [9.17, 15) is 23.8 Å². The summed E-state index contributed by atoms with van der Waals surface area (Å²) >= 11 is 1.38. The fourth-order valence-electron chi connectivity index (χ4n) is 4.42. The fraction of sp³-hybridized carbons (Fsp3) is 0.421. The van der Waals surface area contributed by atoms with Crippen molar-refractivity contribution < 1.29 is 28.2 Å². The van der Waals surface area contributed by atoms with E-state index in [1.165, 1.54) is 22.3 Å². The molecule has 3 aromatic rings. The van der Waals surface area contributed by atoms with E-state index in [1.54, 1.807) is 17.6 Å². The molecule has 5 rings (SSSR count). The lowest BCUT2D eigenvalue weighted by molar-refractivity contribution is -0.00503. The van der Waals surface area contributed by atoms with Gasteiger partial charge in [-0.15, -0.1) is 11.3 Å².